The Morgan fingerprint density at radius 2 is 1.84 bits per heavy atom. The predicted octanol–water partition coefficient (Wildman–Crippen LogP) is 2.00. The summed E-state index contributed by atoms with van der Waals surface area (Å²) in [5, 5.41) is 3.23. The molecule has 19 heavy (non-hydrogen) atoms. The van der Waals surface area contributed by atoms with Gasteiger partial charge in [-0.15, -0.1) is 0 Å². The third kappa shape index (κ3) is 2.98. The number of hydrogen-bond acceptors (Lipinski definition) is 2. The minimum Gasteiger partial charge on any atom is -0.343 e. The van der Waals surface area contributed by atoms with E-state index in [9.17, 15) is 4.79 Å². The fourth-order valence-electron chi connectivity index (χ4n) is 3.06. The van der Waals surface area contributed by atoms with E-state index in [0.717, 1.165) is 45.4 Å². The van der Waals surface area contributed by atoms with Gasteiger partial charge in [0.05, 0.1) is 0 Å². The first kappa shape index (κ1) is 12.7. The van der Waals surface area contributed by atoms with E-state index < -0.39 is 0 Å². The lowest BCUT2D eigenvalue weighted by Crippen LogP contribution is -2.46. The van der Waals surface area contributed by atoms with Crippen molar-refractivity contribution in [1.29, 1.82) is 0 Å². The number of carbonyl (C=O) groups excluding carboxylic acids is 1. The molecule has 0 bridgehead atoms. The van der Waals surface area contributed by atoms with Crippen molar-refractivity contribution in [2.75, 3.05) is 26.2 Å². The Hall–Kier alpha value is -1.35. The summed E-state index contributed by atoms with van der Waals surface area (Å²) in [6.07, 6.45) is 2.96. The van der Waals surface area contributed by atoms with Crippen LogP contribution in [0.15, 0.2) is 30.3 Å². The molecular formula is C16H22N2O. The van der Waals surface area contributed by atoms with Crippen LogP contribution in [0.3, 0.4) is 0 Å². The second kappa shape index (κ2) is 5.74. The van der Waals surface area contributed by atoms with E-state index >= 15 is 0 Å². The highest BCUT2D eigenvalue weighted by atomic mass is 16.2. The number of likely N-dealkylation sites (tertiary alicyclic amines) is 1. The van der Waals surface area contributed by atoms with Crippen LogP contribution in [-0.2, 0) is 4.79 Å². The Morgan fingerprint density at radius 1 is 1.16 bits per heavy atom. The fraction of sp³-hybridized carbons (Fsp3) is 0.562. The molecule has 0 spiro atoms. The molecule has 0 unspecified atom stereocenters. The maximum atomic E-state index is 12.1. The van der Waals surface area contributed by atoms with Crippen molar-refractivity contribution < 1.29 is 4.79 Å². The lowest BCUT2D eigenvalue weighted by molar-refractivity contribution is -0.133. The molecule has 3 nitrogen and oxygen atoms in total. The van der Waals surface area contributed by atoms with Gasteiger partial charge in [-0.2, -0.15) is 0 Å². The van der Waals surface area contributed by atoms with Crippen LogP contribution >= 0.6 is 0 Å². The molecule has 2 aliphatic heterocycles. The molecule has 1 amide bonds. The Kier molecular flexibility index (Phi) is 3.83. The van der Waals surface area contributed by atoms with Gasteiger partial charge in [-0.3, -0.25) is 4.79 Å². The first-order valence-electron chi connectivity index (χ1n) is 7.36. The van der Waals surface area contributed by atoms with Gasteiger partial charge in [0.15, 0.2) is 0 Å². The molecule has 2 heterocycles. The van der Waals surface area contributed by atoms with Gasteiger partial charge < -0.3 is 10.2 Å². The topological polar surface area (TPSA) is 32.3 Å². The third-order valence-electron chi connectivity index (χ3n) is 4.45. The maximum absolute atomic E-state index is 12.1. The number of hydrogen-bond donors (Lipinski definition) is 1. The molecule has 0 atom stereocenters. The predicted molar refractivity (Wildman–Crippen MR) is 76.0 cm³/mol. The zero-order chi connectivity index (χ0) is 13.1. The van der Waals surface area contributed by atoms with Crippen molar-refractivity contribution in [3.8, 4) is 0 Å². The summed E-state index contributed by atoms with van der Waals surface area (Å²) in [6.45, 7) is 3.90. The zero-order valence-corrected chi connectivity index (χ0v) is 11.3. The van der Waals surface area contributed by atoms with E-state index in [1.165, 1.54) is 5.56 Å². The van der Waals surface area contributed by atoms with Crippen molar-refractivity contribution in [3.05, 3.63) is 35.9 Å². The van der Waals surface area contributed by atoms with Crippen LogP contribution < -0.4 is 5.32 Å². The molecule has 2 saturated heterocycles. The van der Waals surface area contributed by atoms with E-state index in [0.29, 0.717) is 17.7 Å². The first-order chi connectivity index (χ1) is 9.33. The van der Waals surface area contributed by atoms with Gasteiger partial charge >= 0.3 is 0 Å². The van der Waals surface area contributed by atoms with Crippen LogP contribution in [0.2, 0.25) is 0 Å². The van der Waals surface area contributed by atoms with Crippen LogP contribution in [0.1, 0.15) is 30.7 Å². The number of amides is 1. The van der Waals surface area contributed by atoms with E-state index in [1.54, 1.807) is 0 Å². The fourth-order valence-corrected chi connectivity index (χ4v) is 3.06. The molecule has 0 aliphatic carbocycles. The Morgan fingerprint density at radius 3 is 2.42 bits per heavy atom. The summed E-state index contributed by atoms with van der Waals surface area (Å²) >= 11 is 0. The van der Waals surface area contributed by atoms with Crippen molar-refractivity contribution in [3.63, 3.8) is 0 Å². The Bertz CT molecular complexity index is 420. The molecule has 0 radical (unpaired) electrons. The molecule has 1 aromatic carbocycles. The van der Waals surface area contributed by atoms with Crippen LogP contribution in [0, 0.1) is 5.92 Å². The average molecular weight is 258 g/mol. The number of carbonyl (C=O) groups is 1. The molecule has 2 fully saturated rings. The van der Waals surface area contributed by atoms with Gasteiger partial charge in [-0.05, 0) is 43.3 Å². The van der Waals surface area contributed by atoms with Crippen molar-refractivity contribution in [2.45, 2.75) is 25.2 Å². The number of piperidine rings is 1. The summed E-state index contributed by atoms with van der Waals surface area (Å²) in [4.78, 5) is 14.2. The summed E-state index contributed by atoms with van der Waals surface area (Å²) in [6, 6.07) is 10.7. The van der Waals surface area contributed by atoms with E-state index in [-0.39, 0.29) is 0 Å². The second-order valence-electron chi connectivity index (χ2n) is 5.79. The summed E-state index contributed by atoms with van der Waals surface area (Å²) in [5.41, 5.74) is 1.43. The smallest absolute Gasteiger partial charge is 0.222 e. The van der Waals surface area contributed by atoms with Crippen molar-refractivity contribution >= 4 is 5.91 Å². The van der Waals surface area contributed by atoms with Crippen molar-refractivity contribution in [2.24, 2.45) is 5.92 Å². The first-order valence-corrected chi connectivity index (χ1v) is 7.36. The molecule has 0 saturated carbocycles. The van der Waals surface area contributed by atoms with E-state index in [2.05, 4.69) is 40.5 Å². The van der Waals surface area contributed by atoms with Crippen LogP contribution in [0.4, 0.5) is 0 Å². The highest BCUT2D eigenvalue weighted by Gasteiger charge is 2.27. The number of benzene rings is 1. The molecule has 1 N–H and O–H groups in total. The molecule has 3 heteroatoms. The number of rotatable bonds is 3. The van der Waals surface area contributed by atoms with Gasteiger partial charge in [0.25, 0.3) is 0 Å². The minimum atomic E-state index is 0.359. The highest BCUT2D eigenvalue weighted by Crippen LogP contribution is 2.28. The molecule has 1 aromatic rings. The maximum Gasteiger partial charge on any atom is 0.222 e. The van der Waals surface area contributed by atoms with Gasteiger partial charge in [0.1, 0.15) is 0 Å². The summed E-state index contributed by atoms with van der Waals surface area (Å²) < 4.78 is 0. The second-order valence-corrected chi connectivity index (χ2v) is 5.79. The van der Waals surface area contributed by atoms with Gasteiger partial charge in [-0.1, -0.05) is 30.3 Å². The zero-order valence-electron chi connectivity index (χ0n) is 11.3. The van der Waals surface area contributed by atoms with Crippen LogP contribution in [-0.4, -0.2) is 37.0 Å². The van der Waals surface area contributed by atoms with Gasteiger partial charge in [0.2, 0.25) is 5.91 Å². The SMILES string of the molecule is O=C(CC1CNC1)N1CCC(c2ccccc2)CC1. The largest absolute Gasteiger partial charge is 0.343 e. The molecule has 0 aromatic heterocycles. The normalized spacial score (nSPS) is 21.2. The van der Waals surface area contributed by atoms with E-state index in [4.69, 9.17) is 0 Å². The molecular weight excluding hydrogens is 236 g/mol. The highest BCUT2D eigenvalue weighted by molar-refractivity contribution is 5.76. The minimum absolute atomic E-state index is 0.359. The number of nitrogens with one attached hydrogen (secondary N) is 1. The monoisotopic (exact) mass is 258 g/mol. The lowest BCUT2D eigenvalue weighted by atomic mass is 9.89. The molecule has 2 aliphatic rings. The van der Waals surface area contributed by atoms with Gasteiger partial charge in [0, 0.05) is 19.5 Å². The van der Waals surface area contributed by atoms with Crippen molar-refractivity contribution in [1.82, 2.24) is 10.2 Å². The lowest BCUT2D eigenvalue weighted by Gasteiger charge is -2.34. The third-order valence-corrected chi connectivity index (χ3v) is 4.45. The van der Waals surface area contributed by atoms with Crippen LogP contribution in [0.5, 0.6) is 0 Å². The van der Waals surface area contributed by atoms with Crippen LogP contribution in [0.25, 0.3) is 0 Å². The Balaban J connectivity index is 1.50. The van der Waals surface area contributed by atoms with Gasteiger partial charge in [-0.25, -0.2) is 0 Å². The Labute approximate surface area is 115 Å². The quantitative estimate of drug-likeness (QED) is 0.899. The van der Waals surface area contributed by atoms with E-state index in [1.807, 2.05) is 0 Å². The number of nitrogens with zero attached hydrogens (tertiary/aromatic N) is 1. The summed E-state index contributed by atoms with van der Waals surface area (Å²) in [7, 11) is 0. The molecule has 3 rings (SSSR count). The summed E-state index contributed by atoms with van der Waals surface area (Å²) in [5.74, 6) is 1.58. The standard InChI is InChI=1S/C16H22N2O/c19-16(10-13-11-17-12-13)18-8-6-15(7-9-18)14-4-2-1-3-5-14/h1-5,13,15,17H,6-12H2. The molecule has 102 valence electrons. The average Bonchev–Trinajstić information content (AvgIpc) is 2.44.